The topological polar surface area (TPSA) is 22.1 Å². The van der Waals surface area contributed by atoms with Crippen LogP contribution in [0.4, 0.5) is 0 Å². The van der Waals surface area contributed by atoms with Gasteiger partial charge in [-0.3, -0.25) is 0 Å². The van der Waals surface area contributed by atoms with Gasteiger partial charge in [0.15, 0.2) is 0 Å². The lowest BCUT2D eigenvalue weighted by molar-refractivity contribution is 0.243. The highest BCUT2D eigenvalue weighted by Crippen LogP contribution is 2.43. The SMILES string of the molecule is C[Si](C)(OC(c1ccccc1)c1c(Cl)c(Cl)nc(Cl)c1Cl)c1ccccc1. The van der Waals surface area contributed by atoms with Gasteiger partial charge >= 0.3 is 0 Å². The van der Waals surface area contributed by atoms with Crippen LogP contribution >= 0.6 is 46.4 Å². The highest BCUT2D eigenvalue weighted by molar-refractivity contribution is 6.84. The summed E-state index contributed by atoms with van der Waals surface area (Å²) in [5.41, 5.74) is 1.45. The van der Waals surface area contributed by atoms with Crippen LogP contribution in [0.3, 0.4) is 0 Å². The molecule has 1 atom stereocenters. The van der Waals surface area contributed by atoms with Gasteiger partial charge in [-0.15, -0.1) is 0 Å². The third-order valence-corrected chi connectivity index (χ3v) is 8.33. The van der Waals surface area contributed by atoms with Gasteiger partial charge in [-0.1, -0.05) is 107 Å². The van der Waals surface area contributed by atoms with E-state index in [2.05, 4.69) is 30.2 Å². The summed E-state index contributed by atoms with van der Waals surface area (Å²) in [5.74, 6) is 0. The van der Waals surface area contributed by atoms with Gasteiger partial charge in [0.2, 0.25) is 8.32 Å². The number of aromatic nitrogens is 1. The van der Waals surface area contributed by atoms with E-state index in [1.807, 2.05) is 48.5 Å². The molecule has 2 nitrogen and oxygen atoms in total. The second-order valence-electron chi connectivity index (χ2n) is 6.52. The predicted octanol–water partition coefficient (Wildman–Crippen LogP) is 6.91. The lowest BCUT2D eigenvalue weighted by Gasteiger charge is -2.31. The van der Waals surface area contributed by atoms with Gasteiger partial charge in [0.1, 0.15) is 10.3 Å². The molecule has 1 heterocycles. The van der Waals surface area contributed by atoms with Crippen molar-refractivity contribution in [3.63, 3.8) is 0 Å². The fourth-order valence-corrected chi connectivity index (χ4v) is 5.77. The van der Waals surface area contributed by atoms with E-state index in [0.29, 0.717) is 5.56 Å². The number of hydrogen-bond acceptors (Lipinski definition) is 2. The average molecular weight is 457 g/mol. The molecule has 0 amide bonds. The molecule has 0 bridgehead atoms. The molecule has 0 saturated carbocycles. The number of benzene rings is 2. The first kappa shape index (κ1) is 20.7. The van der Waals surface area contributed by atoms with Crippen molar-refractivity contribution >= 4 is 59.9 Å². The van der Waals surface area contributed by atoms with Crippen LogP contribution in [0.25, 0.3) is 0 Å². The summed E-state index contributed by atoms with van der Waals surface area (Å²) >= 11 is 25.3. The van der Waals surface area contributed by atoms with Gasteiger partial charge in [-0.05, 0) is 23.8 Å². The third kappa shape index (κ3) is 4.51. The van der Waals surface area contributed by atoms with E-state index < -0.39 is 14.4 Å². The fraction of sp³-hybridized carbons (Fsp3) is 0.150. The lowest BCUT2D eigenvalue weighted by atomic mass is 10.0. The van der Waals surface area contributed by atoms with Crippen molar-refractivity contribution in [1.82, 2.24) is 4.98 Å². The Bertz CT molecular complexity index is 909. The number of nitrogens with zero attached hydrogens (tertiary/aromatic N) is 1. The molecule has 0 saturated heterocycles. The zero-order valence-electron chi connectivity index (χ0n) is 14.7. The van der Waals surface area contributed by atoms with Crippen LogP contribution in [-0.4, -0.2) is 13.3 Å². The lowest BCUT2D eigenvalue weighted by Crippen LogP contribution is -2.45. The second-order valence-corrected chi connectivity index (χ2v) is 11.8. The van der Waals surface area contributed by atoms with Gasteiger partial charge in [-0.25, -0.2) is 4.98 Å². The molecule has 0 fully saturated rings. The van der Waals surface area contributed by atoms with Crippen molar-refractivity contribution in [3.05, 3.63) is 92.1 Å². The standard InChI is InChI=1S/C20H17Cl4NOSi/c1-27(2,14-11-7-4-8-12-14)26-18(13-9-5-3-6-10-13)15-16(21)19(23)25-20(24)17(15)22/h3-12,18H,1-2H3. The first-order valence-corrected chi connectivity index (χ1v) is 12.7. The summed E-state index contributed by atoms with van der Waals surface area (Å²) in [6.07, 6.45) is -0.522. The van der Waals surface area contributed by atoms with Crippen LogP contribution in [0.2, 0.25) is 33.4 Å². The molecule has 0 aliphatic carbocycles. The summed E-state index contributed by atoms with van der Waals surface area (Å²) in [7, 11) is -2.31. The highest BCUT2D eigenvalue weighted by Gasteiger charge is 2.33. The Balaban J connectivity index is 2.15. The van der Waals surface area contributed by atoms with Crippen molar-refractivity contribution < 1.29 is 4.43 Å². The zero-order chi connectivity index (χ0) is 19.6. The molecule has 0 N–H and O–H groups in total. The first-order chi connectivity index (χ1) is 12.8. The Hall–Kier alpha value is -1.07. The van der Waals surface area contributed by atoms with Crippen LogP contribution in [-0.2, 0) is 4.43 Å². The van der Waals surface area contributed by atoms with Crippen LogP contribution in [0, 0.1) is 0 Å². The summed E-state index contributed by atoms with van der Waals surface area (Å²) in [5, 5.41) is 1.86. The average Bonchev–Trinajstić information content (AvgIpc) is 2.67. The summed E-state index contributed by atoms with van der Waals surface area (Å²) in [6, 6.07) is 19.9. The number of rotatable bonds is 5. The summed E-state index contributed by atoms with van der Waals surface area (Å²) < 4.78 is 6.69. The third-order valence-electron chi connectivity index (χ3n) is 4.28. The Morgan fingerprint density at radius 2 is 1.26 bits per heavy atom. The van der Waals surface area contributed by atoms with Crippen molar-refractivity contribution in [2.24, 2.45) is 0 Å². The molecule has 2 aromatic carbocycles. The smallest absolute Gasteiger partial charge is 0.219 e. The predicted molar refractivity (Wildman–Crippen MR) is 117 cm³/mol. The van der Waals surface area contributed by atoms with E-state index in [1.165, 1.54) is 0 Å². The van der Waals surface area contributed by atoms with Crippen LogP contribution in [0.5, 0.6) is 0 Å². The quantitative estimate of drug-likeness (QED) is 0.307. The fourth-order valence-electron chi connectivity index (χ4n) is 2.86. The number of pyridine rings is 1. The van der Waals surface area contributed by atoms with Gasteiger partial charge in [0.05, 0.1) is 16.1 Å². The molecule has 1 aromatic heterocycles. The molecule has 0 aliphatic rings. The van der Waals surface area contributed by atoms with E-state index in [9.17, 15) is 0 Å². The van der Waals surface area contributed by atoms with E-state index >= 15 is 0 Å². The summed E-state index contributed by atoms with van der Waals surface area (Å²) in [4.78, 5) is 3.99. The maximum absolute atomic E-state index is 6.69. The van der Waals surface area contributed by atoms with E-state index in [-0.39, 0.29) is 20.4 Å². The molecule has 27 heavy (non-hydrogen) atoms. The molecule has 0 spiro atoms. The Morgan fingerprint density at radius 1 is 0.778 bits per heavy atom. The minimum absolute atomic E-state index is 0.102. The molecular formula is C20H17Cl4NOSi. The Morgan fingerprint density at radius 3 is 1.78 bits per heavy atom. The Labute approximate surface area is 180 Å². The van der Waals surface area contributed by atoms with Crippen molar-refractivity contribution in [3.8, 4) is 0 Å². The minimum Gasteiger partial charge on any atom is -0.402 e. The molecule has 7 heteroatoms. The number of halogens is 4. The van der Waals surface area contributed by atoms with Crippen LogP contribution < -0.4 is 5.19 Å². The molecule has 140 valence electrons. The molecular weight excluding hydrogens is 440 g/mol. The van der Waals surface area contributed by atoms with Gasteiger partial charge in [0, 0.05) is 5.56 Å². The second kappa shape index (κ2) is 8.52. The van der Waals surface area contributed by atoms with Crippen molar-refractivity contribution in [2.75, 3.05) is 0 Å². The van der Waals surface area contributed by atoms with Gasteiger partial charge < -0.3 is 4.43 Å². The van der Waals surface area contributed by atoms with Crippen LogP contribution in [0.15, 0.2) is 60.7 Å². The van der Waals surface area contributed by atoms with E-state index in [1.54, 1.807) is 0 Å². The largest absolute Gasteiger partial charge is 0.402 e. The normalized spacial score (nSPS) is 12.8. The Kier molecular flexibility index (Phi) is 6.52. The monoisotopic (exact) mass is 455 g/mol. The van der Waals surface area contributed by atoms with E-state index in [0.717, 1.165) is 10.8 Å². The molecule has 0 radical (unpaired) electrons. The van der Waals surface area contributed by atoms with Crippen molar-refractivity contribution in [1.29, 1.82) is 0 Å². The van der Waals surface area contributed by atoms with Crippen LogP contribution in [0.1, 0.15) is 17.2 Å². The first-order valence-electron chi connectivity index (χ1n) is 8.29. The molecule has 3 aromatic rings. The molecule has 1 unspecified atom stereocenters. The number of hydrogen-bond donors (Lipinski definition) is 0. The molecule has 3 rings (SSSR count). The van der Waals surface area contributed by atoms with E-state index in [4.69, 9.17) is 50.8 Å². The minimum atomic E-state index is -2.31. The highest BCUT2D eigenvalue weighted by atomic mass is 35.5. The zero-order valence-corrected chi connectivity index (χ0v) is 18.7. The van der Waals surface area contributed by atoms with Crippen molar-refractivity contribution in [2.45, 2.75) is 19.2 Å². The molecule has 0 aliphatic heterocycles. The maximum Gasteiger partial charge on any atom is 0.219 e. The van der Waals surface area contributed by atoms with Gasteiger partial charge in [0.25, 0.3) is 0 Å². The van der Waals surface area contributed by atoms with Gasteiger partial charge in [-0.2, -0.15) is 0 Å². The maximum atomic E-state index is 6.69. The summed E-state index contributed by atoms with van der Waals surface area (Å²) in [6.45, 7) is 4.26.